The number of aliphatic hydroxyl groups excluding tert-OH is 1. The minimum Gasteiger partial charge on any atom is -0.387 e. The highest BCUT2D eigenvalue weighted by Crippen LogP contribution is 2.43. The van der Waals surface area contributed by atoms with Crippen LogP contribution in [0.4, 0.5) is 0 Å². The fourth-order valence-electron chi connectivity index (χ4n) is 9.61. The topological polar surface area (TPSA) is 105 Å². The van der Waals surface area contributed by atoms with E-state index in [2.05, 4.69) is 43.5 Å². The van der Waals surface area contributed by atoms with Gasteiger partial charge in [-0.25, -0.2) is 4.57 Å². The summed E-state index contributed by atoms with van der Waals surface area (Å²) in [5.74, 6) is -0.184. The Hall–Kier alpha value is -1.28. The van der Waals surface area contributed by atoms with E-state index in [4.69, 9.17) is 9.05 Å². The Morgan fingerprint density at radius 2 is 0.753 bits per heavy atom. The molecular weight excluding hydrogens is 924 g/mol. The number of rotatable bonds is 59. The third kappa shape index (κ3) is 58.2. The molecule has 9 heteroatoms. The molecule has 0 saturated heterocycles. The van der Waals surface area contributed by atoms with Gasteiger partial charge in [-0.15, -0.1) is 0 Å². The Kier molecular flexibility index (Phi) is 54.5. The summed E-state index contributed by atoms with van der Waals surface area (Å²) in [5.41, 5.74) is 0. The van der Waals surface area contributed by atoms with Crippen LogP contribution < -0.4 is 5.32 Å². The van der Waals surface area contributed by atoms with E-state index in [-0.39, 0.29) is 19.1 Å². The zero-order valence-corrected chi connectivity index (χ0v) is 50.3. The van der Waals surface area contributed by atoms with E-state index < -0.39 is 20.0 Å². The van der Waals surface area contributed by atoms with Crippen molar-refractivity contribution in [2.75, 3.05) is 40.9 Å². The average Bonchev–Trinajstić information content (AvgIpc) is 3.35. The second-order valence-electron chi connectivity index (χ2n) is 23.1. The lowest BCUT2D eigenvalue weighted by Crippen LogP contribution is -2.45. The molecule has 0 radical (unpaired) electrons. The molecule has 0 aliphatic heterocycles. The summed E-state index contributed by atoms with van der Waals surface area (Å²) in [5, 5.41) is 14.0. The number of nitrogens with zero attached hydrogens (tertiary/aromatic N) is 1. The highest BCUT2D eigenvalue weighted by atomic mass is 31.2. The number of allylic oxidation sites excluding steroid dienone is 5. The molecule has 8 nitrogen and oxygen atoms in total. The molecule has 3 N–H and O–H groups in total. The summed E-state index contributed by atoms with van der Waals surface area (Å²) in [4.78, 5) is 23.3. The number of unbranched alkanes of at least 4 members (excludes halogenated alkanes) is 42. The first-order valence-electron chi connectivity index (χ1n) is 31.9. The molecule has 0 bridgehead atoms. The fourth-order valence-corrected chi connectivity index (χ4v) is 10.3. The minimum absolute atomic E-state index is 0.0553. The Morgan fingerprint density at radius 3 is 1.10 bits per heavy atom. The summed E-state index contributed by atoms with van der Waals surface area (Å²) in [6, 6.07) is -0.869. The van der Waals surface area contributed by atoms with Gasteiger partial charge in [0.05, 0.1) is 39.9 Å². The molecule has 432 valence electrons. The number of hydrogen-bond donors (Lipinski definition) is 3. The van der Waals surface area contributed by atoms with Gasteiger partial charge in [-0.05, 0) is 44.9 Å². The number of carbonyl (C=O) groups is 1. The average molecular weight is 1050 g/mol. The Bertz CT molecular complexity index is 1280. The molecule has 0 aromatic rings. The molecule has 73 heavy (non-hydrogen) atoms. The first kappa shape index (κ1) is 71.7. The van der Waals surface area contributed by atoms with Crippen molar-refractivity contribution in [1.82, 2.24) is 5.32 Å². The predicted molar refractivity (Wildman–Crippen MR) is 318 cm³/mol. The minimum atomic E-state index is -4.36. The summed E-state index contributed by atoms with van der Waals surface area (Å²) < 4.78 is 23.7. The molecule has 1 amide bonds. The molecule has 0 aliphatic rings. The maximum atomic E-state index is 13.0. The number of hydrogen-bond acceptors (Lipinski definition) is 5. The van der Waals surface area contributed by atoms with Crippen LogP contribution in [0.2, 0.25) is 0 Å². The van der Waals surface area contributed by atoms with Crippen LogP contribution in [-0.4, -0.2) is 73.4 Å². The largest absolute Gasteiger partial charge is 0.472 e. The number of nitrogens with one attached hydrogen (secondary N) is 1. The Balaban J connectivity index is 4.19. The van der Waals surface area contributed by atoms with Crippen molar-refractivity contribution in [2.24, 2.45) is 0 Å². The molecule has 0 saturated carbocycles. The highest BCUT2D eigenvalue weighted by molar-refractivity contribution is 7.47. The van der Waals surface area contributed by atoms with Crippen LogP contribution in [0.3, 0.4) is 0 Å². The fraction of sp³-hybridized carbons (Fsp3) is 0.891. The zero-order chi connectivity index (χ0) is 53.5. The smallest absolute Gasteiger partial charge is 0.387 e. The maximum Gasteiger partial charge on any atom is 0.472 e. The van der Waals surface area contributed by atoms with Gasteiger partial charge < -0.3 is 19.8 Å². The molecule has 0 fully saturated rings. The van der Waals surface area contributed by atoms with Gasteiger partial charge in [-0.1, -0.05) is 301 Å². The molecular formula is C64H126N2O6P+. The van der Waals surface area contributed by atoms with Crippen molar-refractivity contribution in [3.8, 4) is 0 Å². The van der Waals surface area contributed by atoms with E-state index in [1.54, 1.807) is 6.08 Å². The van der Waals surface area contributed by atoms with Crippen LogP contribution in [0.15, 0.2) is 36.5 Å². The van der Waals surface area contributed by atoms with Crippen LogP contribution in [0, 0.1) is 0 Å². The Labute approximate surface area is 455 Å². The van der Waals surface area contributed by atoms with Crippen molar-refractivity contribution in [3.63, 3.8) is 0 Å². The van der Waals surface area contributed by atoms with Crippen molar-refractivity contribution < 1.29 is 32.9 Å². The highest BCUT2D eigenvalue weighted by Gasteiger charge is 2.27. The lowest BCUT2D eigenvalue weighted by molar-refractivity contribution is -0.870. The molecule has 0 aliphatic carbocycles. The van der Waals surface area contributed by atoms with E-state index in [0.717, 1.165) is 44.9 Å². The van der Waals surface area contributed by atoms with Gasteiger partial charge in [0.25, 0.3) is 0 Å². The van der Waals surface area contributed by atoms with Crippen LogP contribution in [0.25, 0.3) is 0 Å². The van der Waals surface area contributed by atoms with Gasteiger partial charge in [-0.3, -0.25) is 13.8 Å². The van der Waals surface area contributed by atoms with Crippen LogP contribution in [0.1, 0.15) is 316 Å². The quantitative estimate of drug-likeness (QED) is 0.0243. The number of carbonyl (C=O) groups excluding carboxylic acids is 1. The number of phosphoric ester groups is 1. The summed E-state index contributed by atoms with van der Waals surface area (Å²) in [6.45, 7) is 4.84. The predicted octanol–water partition coefficient (Wildman–Crippen LogP) is 19.7. The monoisotopic (exact) mass is 1050 g/mol. The number of quaternary nitrogens is 1. The molecule has 3 unspecified atom stereocenters. The summed E-state index contributed by atoms with van der Waals surface area (Å²) in [7, 11) is 1.56. The lowest BCUT2D eigenvalue weighted by Gasteiger charge is -2.25. The normalized spacial score (nSPS) is 14.0. The van der Waals surface area contributed by atoms with Crippen LogP contribution in [0.5, 0.6) is 0 Å². The third-order valence-electron chi connectivity index (χ3n) is 14.6. The molecule has 3 atom stereocenters. The van der Waals surface area contributed by atoms with Gasteiger partial charge in [0.2, 0.25) is 5.91 Å². The van der Waals surface area contributed by atoms with Gasteiger partial charge in [0.15, 0.2) is 0 Å². The van der Waals surface area contributed by atoms with Gasteiger partial charge >= 0.3 is 7.82 Å². The second-order valence-corrected chi connectivity index (χ2v) is 24.6. The maximum absolute atomic E-state index is 13.0. The molecule has 0 rings (SSSR count). The van der Waals surface area contributed by atoms with Crippen molar-refractivity contribution in [3.05, 3.63) is 36.5 Å². The van der Waals surface area contributed by atoms with Crippen molar-refractivity contribution in [1.29, 1.82) is 0 Å². The first-order valence-corrected chi connectivity index (χ1v) is 33.4. The molecule has 0 heterocycles. The summed E-state index contributed by atoms with van der Waals surface area (Å²) >= 11 is 0. The van der Waals surface area contributed by atoms with Gasteiger partial charge in [-0.2, -0.15) is 0 Å². The number of phosphoric acid groups is 1. The van der Waals surface area contributed by atoms with Crippen LogP contribution >= 0.6 is 7.82 Å². The lowest BCUT2D eigenvalue weighted by atomic mass is 10.0. The van der Waals surface area contributed by atoms with E-state index in [1.165, 1.54) is 250 Å². The number of likely N-dealkylation sites (N-methyl/N-ethyl adjacent to an activating group) is 1. The molecule has 0 spiro atoms. The van der Waals surface area contributed by atoms with Crippen molar-refractivity contribution in [2.45, 2.75) is 328 Å². The number of aliphatic hydroxyl groups is 1. The standard InChI is InChI=1S/C64H125N2O6P/c1-6-8-10-12-14-16-18-20-22-24-26-28-30-32-34-35-37-39-41-43-45-47-49-51-53-55-57-63(67)62(61-72-73(69,70)71-60-59-66(3,4)5)65-64(68)58-56-54-52-50-48-46-44-42-40-38-36-33-31-29-27-25-23-21-19-17-15-13-11-9-7-2/h39,41,47,49,55,57,62-63,67H,6-38,40,42-46,48,50-54,56,58-61H2,1-5H3,(H-,65,68,69,70)/p+1/b41-39+,49-47+,57-55+. The van der Waals surface area contributed by atoms with E-state index in [1.807, 2.05) is 27.2 Å². The Morgan fingerprint density at radius 1 is 0.452 bits per heavy atom. The van der Waals surface area contributed by atoms with Crippen LogP contribution in [-0.2, 0) is 18.4 Å². The first-order chi connectivity index (χ1) is 35.5. The molecule has 0 aromatic carbocycles. The molecule has 0 aromatic heterocycles. The second kappa shape index (κ2) is 55.5. The van der Waals surface area contributed by atoms with Crippen molar-refractivity contribution >= 4 is 13.7 Å². The van der Waals surface area contributed by atoms with Gasteiger partial charge in [0, 0.05) is 6.42 Å². The third-order valence-corrected chi connectivity index (χ3v) is 15.6. The van der Waals surface area contributed by atoms with E-state index in [9.17, 15) is 19.4 Å². The SMILES string of the molecule is CCCCCCCCCCCCCCCCCC/C=C/CC/C=C/CC/C=C/C(O)C(COP(=O)(O)OCC[N+](C)(C)C)NC(=O)CCCCCCCCCCCCCCCCCCCCCCCCCCC. The number of amides is 1. The van der Waals surface area contributed by atoms with E-state index >= 15 is 0 Å². The van der Waals surface area contributed by atoms with Gasteiger partial charge in [0.1, 0.15) is 13.2 Å². The van der Waals surface area contributed by atoms with E-state index in [0.29, 0.717) is 17.4 Å². The summed E-state index contributed by atoms with van der Waals surface area (Å²) in [6.07, 6.45) is 72.8. The zero-order valence-electron chi connectivity index (χ0n) is 49.4.